The molecule has 1 aliphatic rings. The fraction of sp³-hybridized carbons (Fsp3) is 0.353. The molecular formula is C34H34Cl3N5O3S. The van der Waals surface area contributed by atoms with E-state index in [0.717, 1.165) is 22.5 Å². The molecular weight excluding hydrogens is 665 g/mol. The van der Waals surface area contributed by atoms with E-state index in [1.54, 1.807) is 26.8 Å². The molecule has 2 aromatic carbocycles. The van der Waals surface area contributed by atoms with Gasteiger partial charge < -0.3 is 10.1 Å². The fourth-order valence-electron chi connectivity index (χ4n) is 5.94. The summed E-state index contributed by atoms with van der Waals surface area (Å²) in [5, 5.41) is 4.10. The fourth-order valence-corrected chi connectivity index (χ4v) is 7.37. The molecule has 1 fully saturated rings. The molecule has 1 N–H and O–H groups in total. The third-order valence-electron chi connectivity index (χ3n) is 7.63. The smallest absolute Gasteiger partial charge is 0.306 e. The molecule has 5 rings (SSSR count). The van der Waals surface area contributed by atoms with Gasteiger partial charge in [0.05, 0.1) is 17.8 Å². The van der Waals surface area contributed by atoms with E-state index in [1.807, 2.05) is 42.5 Å². The van der Waals surface area contributed by atoms with Crippen molar-refractivity contribution in [3.05, 3.63) is 111 Å². The third kappa shape index (κ3) is 8.76. The maximum absolute atomic E-state index is 12.3. The summed E-state index contributed by atoms with van der Waals surface area (Å²) in [4.78, 5) is 42.1. The summed E-state index contributed by atoms with van der Waals surface area (Å²) in [6, 6.07) is 24.3. The van der Waals surface area contributed by atoms with Crippen LogP contribution in [0.15, 0.2) is 77.8 Å². The summed E-state index contributed by atoms with van der Waals surface area (Å²) in [5.41, 5.74) is 3.26. The van der Waals surface area contributed by atoms with Crippen molar-refractivity contribution in [1.29, 1.82) is 0 Å². The molecule has 1 amide bonds. The number of halogens is 3. The zero-order valence-corrected chi connectivity index (χ0v) is 28.7. The van der Waals surface area contributed by atoms with Gasteiger partial charge in [0.15, 0.2) is 0 Å². The molecule has 46 heavy (non-hydrogen) atoms. The van der Waals surface area contributed by atoms with E-state index in [2.05, 4.69) is 44.5 Å². The molecule has 0 bridgehead atoms. The molecule has 0 aliphatic heterocycles. The highest BCUT2D eigenvalue weighted by Gasteiger charge is 2.54. The lowest BCUT2D eigenvalue weighted by Gasteiger charge is -2.52. The van der Waals surface area contributed by atoms with E-state index in [0.29, 0.717) is 17.3 Å². The maximum Gasteiger partial charge on any atom is 0.306 e. The van der Waals surface area contributed by atoms with E-state index >= 15 is 0 Å². The topological polar surface area (TPSA) is 107 Å². The third-order valence-corrected chi connectivity index (χ3v) is 9.08. The van der Waals surface area contributed by atoms with Gasteiger partial charge in [0.2, 0.25) is 16.5 Å². The molecule has 0 spiro atoms. The van der Waals surface area contributed by atoms with Crippen LogP contribution in [-0.4, -0.2) is 49.7 Å². The molecule has 0 radical (unpaired) electrons. The maximum atomic E-state index is 12.3. The van der Waals surface area contributed by atoms with Crippen LogP contribution in [-0.2, 0) is 14.3 Å². The molecule has 0 unspecified atom stereocenters. The van der Waals surface area contributed by atoms with Gasteiger partial charge >= 0.3 is 5.97 Å². The van der Waals surface area contributed by atoms with Gasteiger partial charge in [-0.1, -0.05) is 72.3 Å². The first-order valence-electron chi connectivity index (χ1n) is 14.9. The summed E-state index contributed by atoms with van der Waals surface area (Å²) in [6.45, 7) is 5.79. The second-order valence-electron chi connectivity index (χ2n) is 12.0. The van der Waals surface area contributed by atoms with Gasteiger partial charge in [-0.25, -0.2) is 19.9 Å². The molecule has 12 heteroatoms. The highest BCUT2D eigenvalue weighted by molar-refractivity contribution is 7.99. The standard InChI is InChI=1S/C34H34Cl3N5O3S/c1-34(2,3)45-27(44)15-14-25(43)38-16-17-46-26-19-23(40-33(37)42-26)31-28(20-10-6-4-7-11-20)30(22-18-24(35)41-32(36)39-22)29(31)21-12-8-5-9-13-21/h4-13,18-19,28-31H,14-17H2,1-3H3,(H,38,43)/t28-,29-,30?,31?/m0/s1. The largest absolute Gasteiger partial charge is 0.460 e. The number of carbonyl (C=O) groups excluding carboxylic acids is 2. The Kier molecular flexibility index (Phi) is 11.2. The molecule has 1 saturated carbocycles. The van der Waals surface area contributed by atoms with E-state index in [1.165, 1.54) is 11.8 Å². The average molecular weight is 699 g/mol. The number of aromatic nitrogens is 4. The molecule has 2 atom stereocenters. The highest BCUT2D eigenvalue weighted by atomic mass is 35.5. The van der Waals surface area contributed by atoms with Crippen LogP contribution >= 0.6 is 46.6 Å². The minimum atomic E-state index is -0.582. The SMILES string of the molecule is CC(C)(C)OC(=O)CCC(=O)NCCSc1cc(C2[C@@H](c3ccccc3)C(c3cc(Cl)nc(Cl)n3)[C@@H]2c2ccccc2)nc(Cl)n1. The zero-order valence-electron chi connectivity index (χ0n) is 25.6. The number of rotatable bonds is 11. The van der Waals surface area contributed by atoms with Crippen LogP contribution in [0.25, 0.3) is 0 Å². The van der Waals surface area contributed by atoms with Gasteiger partial charge in [-0.15, -0.1) is 11.8 Å². The molecule has 8 nitrogen and oxygen atoms in total. The summed E-state index contributed by atoms with van der Waals surface area (Å²) in [6.07, 6.45) is 0.0957. The second-order valence-corrected chi connectivity index (χ2v) is 14.2. The minimum absolute atomic E-state index is 0.0125. The van der Waals surface area contributed by atoms with E-state index < -0.39 is 11.6 Å². The summed E-state index contributed by atoms with van der Waals surface area (Å²) < 4.78 is 5.27. The van der Waals surface area contributed by atoms with Crippen LogP contribution in [0.4, 0.5) is 0 Å². The summed E-state index contributed by atoms with van der Waals surface area (Å²) in [5.74, 6) is -0.201. The lowest BCUT2D eigenvalue weighted by molar-refractivity contribution is -0.155. The summed E-state index contributed by atoms with van der Waals surface area (Å²) in [7, 11) is 0. The number of hydrogen-bond donors (Lipinski definition) is 1. The Bertz CT molecular complexity index is 1610. The highest BCUT2D eigenvalue weighted by Crippen LogP contribution is 2.66. The lowest BCUT2D eigenvalue weighted by Crippen LogP contribution is -2.41. The number of carbonyl (C=O) groups is 2. The Morgan fingerprint density at radius 2 is 1.30 bits per heavy atom. The minimum Gasteiger partial charge on any atom is -0.460 e. The average Bonchev–Trinajstić information content (AvgIpc) is 2.97. The number of benzene rings is 2. The van der Waals surface area contributed by atoms with Gasteiger partial charge in [-0.2, -0.15) is 0 Å². The number of hydrogen-bond acceptors (Lipinski definition) is 8. The molecule has 0 saturated heterocycles. The number of nitrogens with one attached hydrogen (secondary N) is 1. The van der Waals surface area contributed by atoms with Crippen molar-refractivity contribution in [2.45, 2.75) is 67.9 Å². The van der Waals surface area contributed by atoms with Crippen LogP contribution in [0.1, 0.15) is 79.8 Å². The van der Waals surface area contributed by atoms with Gasteiger partial charge in [0.1, 0.15) is 15.8 Å². The van der Waals surface area contributed by atoms with Crippen LogP contribution in [0.3, 0.4) is 0 Å². The zero-order chi connectivity index (χ0) is 32.8. The first-order valence-corrected chi connectivity index (χ1v) is 17.1. The van der Waals surface area contributed by atoms with Crippen LogP contribution in [0, 0.1) is 0 Å². The number of ether oxygens (including phenoxy) is 1. The number of amides is 1. The second kappa shape index (κ2) is 15.1. The number of thioether (sulfide) groups is 1. The van der Waals surface area contributed by atoms with Crippen LogP contribution in [0.5, 0.6) is 0 Å². The predicted octanol–water partition coefficient (Wildman–Crippen LogP) is 8.01. The Hall–Kier alpha value is -3.24. The summed E-state index contributed by atoms with van der Waals surface area (Å²) >= 11 is 20.7. The number of nitrogens with zero attached hydrogens (tertiary/aromatic N) is 4. The normalized spacial score (nSPS) is 19.3. The Morgan fingerprint density at radius 3 is 1.85 bits per heavy atom. The van der Waals surface area contributed by atoms with Crippen molar-refractivity contribution in [1.82, 2.24) is 25.3 Å². The van der Waals surface area contributed by atoms with Crippen LogP contribution in [0.2, 0.25) is 15.7 Å². The van der Waals surface area contributed by atoms with Gasteiger partial charge in [-0.05, 0) is 67.2 Å². The van der Waals surface area contributed by atoms with E-state index in [-0.39, 0.29) is 58.1 Å². The molecule has 2 heterocycles. The van der Waals surface area contributed by atoms with Crippen molar-refractivity contribution in [2.75, 3.05) is 12.3 Å². The Morgan fingerprint density at radius 1 is 0.761 bits per heavy atom. The number of esters is 1. The van der Waals surface area contributed by atoms with Gasteiger partial charge in [0.25, 0.3) is 0 Å². The van der Waals surface area contributed by atoms with Crippen molar-refractivity contribution < 1.29 is 14.3 Å². The van der Waals surface area contributed by atoms with E-state index in [9.17, 15) is 9.59 Å². The molecule has 240 valence electrons. The Labute approximate surface area is 288 Å². The first-order chi connectivity index (χ1) is 22.0. The molecule has 4 aromatic rings. The molecule has 2 aromatic heterocycles. The van der Waals surface area contributed by atoms with Crippen molar-refractivity contribution in [2.24, 2.45) is 0 Å². The van der Waals surface area contributed by atoms with E-state index in [4.69, 9.17) is 44.5 Å². The van der Waals surface area contributed by atoms with Gasteiger partial charge in [-0.3, -0.25) is 9.59 Å². The van der Waals surface area contributed by atoms with Crippen molar-refractivity contribution >= 4 is 58.4 Å². The van der Waals surface area contributed by atoms with Crippen LogP contribution < -0.4 is 5.32 Å². The Balaban J connectivity index is 1.36. The molecule has 1 aliphatic carbocycles. The monoisotopic (exact) mass is 697 g/mol. The first kappa shape index (κ1) is 34.1. The van der Waals surface area contributed by atoms with Crippen molar-refractivity contribution in [3.63, 3.8) is 0 Å². The quantitative estimate of drug-likeness (QED) is 0.0552. The van der Waals surface area contributed by atoms with Gasteiger partial charge in [0, 0.05) is 42.4 Å². The lowest BCUT2D eigenvalue weighted by atomic mass is 9.50. The van der Waals surface area contributed by atoms with Crippen molar-refractivity contribution in [3.8, 4) is 0 Å². The predicted molar refractivity (Wildman–Crippen MR) is 182 cm³/mol.